The minimum atomic E-state index is -0.491. The van der Waals surface area contributed by atoms with Crippen molar-refractivity contribution >= 4 is 5.97 Å². The van der Waals surface area contributed by atoms with E-state index in [1.807, 2.05) is 0 Å². The van der Waals surface area contributed by atoms with E-state index < -0.39 is 5.97 Å². The van der Waals surface area contributed by atoms with Gasteiger partial charge in [0.05, 0.1) is 0 Å². The van der Waals surface area contributed by atoms with Crippen LogP contribution >= 0.6 is 0 Å². The summed E-state index contributed by atoms with van der Waals surface area (Å²) in [5.74, 6) is -0.491. The molecule has 0 unspecified atom stereocenters. The third kappa shape index (κ3) is 3.86. The van der Waals surface area contributed by atoms with Gasteiger partial charge >= 0.3 is 5.97 Å². The molecule has 2 rings (SSSR count). The van der Waals surface area contributed by atoms with Crippen molar-refractivity contribution in [3.8, 4) is 0 Å². The normalized spacial score (nSPS) is 22.4. The molecule has 0 aromatic heterocycles. The first-order chi connectivity index (χ1) is 5.39. The van der Waals surface area contributed by atoms with Crippen LogP contribution in [0.4, 0.5) is 0 Å². The number of carbonyl (C=O) groups is 1. The summed E-state index contributed by atoms with van der Waals surface area (Å²) < 4.78 is 0. The van der Waals surface area contributed by atoms with Crippen molar-refractivity contribution in [3.05, 3.63) is 0 Å². The van der Waals surface area contributed by atoms with Crippen molar-refractivity contribution in [2.24, 2.45) is 0 Å². The molecule has 7 heteroatoms. The molecule has 2 aliphatic heterocycles. The summed E-state index contributed by atoms with van der Waals surface area (Å²) in [6.07, 6.45) is 0. The van der Waals surface area contributed by atoms with Gasteiger partial charge in [-0.15, -0.1) is 0 Å². The van der Waals surface area contributed by atoms with Gasteiger partial charge in [0.1, 0.15) is 13.2 Å². The van der Waals surface area contributed by atoms with E-state index in [4.69, 9.17) is 0 Å². The van der Waals surface area contributed by atoms with Crippen LogP contribution in [0.15, 0.2) is 0 Å². The van der Waals surface area contributed by atoms with Gasteiger partial charge in [-0.05, 0) is 5.04 Å². The van der Waals surface area contributed by atoms with Crippen molar-refractivity contribution < 1.29 is 34.4 Å². The van der Waals surface area contributed by atoms with E-state index in [-0.39, 0.29) is 6.61 Å². The predicted molar refractivity (Wildman–Crippen MR) is 26.1 cm³/mol. The van der Waals surface area contributed by atoms with E-state index in [9.17, 15) is 4.79 Å². The zero-order valence-electron chi connectivity index (χ0n) is 5.48. The van der Waals surface area contributed by atoms with E-state index in [0.717, 1.165) is 0 Å². The van der Waals surface area contributed by atoms with Crippen LogP contribution in [0.3, 0.4) is 0 Å². The van der Waals surface area contributed by atoms with Crippen LogP contribution < -0.4 is 0 Å². The molecular formula is C4H6O7. The van der Waals surface area contributed by atoms with E-state index >= 15 is 0 Å². The Morgan fingerprint density at radius 3 is 1.91 bits per heavy atom. The molecule has 0 N–H and O–H groups in total. The summed E-state index contributed by atoms with van der Waals surface area (Å²) in [7, 11) is 0. The molecule has 11 heavy (non-hydrogen) atoms. The summed E-state index contributed by atoms with van der Waals surface area (Å²) in [6, 6.07) is 0. The minimum absolute atomic E-state index is 0.0972. The van der Waals surface area contributed by atoms with E-state index in [2.05, 4.69) is 29.6 Å². The van der Waals surface area contributed by atoms with E-state index in [1.165, 1.54) is 0 Å². The van der Waals surface area contributed by atoms with Gasteiger partial charge in [0.25, 0.3) is 0 Å². The second kappa shape index (κ2) is 4.99. The molecule has 0 aromatic rings. The highest BCUT2D eigenvalue weighted by Gasteiger charge is 2.12. The van der Waals surface area contributed by atoms with Crippen molar-refractivity contribution in [1.82, 2.24) is 0 Å². The maximum atomic E-state index is 9.77. The summed E-state index contributed by atoms with van der Waals surface area (Å²) in [4.78, 5) is 26.0. The molecule has 0 bridgehead atoms. The number of carbonyl (C=O) groups excluding carboxylic acids is 1. The smallest absolute Gasteiger partial charge is 0.266 e. The maximum Gasteiger partial charge on any atom is 0.374 e. The van der Waals surface area contributed by atoms with E-state index in [0.29, 0.717) is 13.2 Å². The zero-order chi connectivity index (χ0) is 7.94. The molecule has 0 aromatic carbocycles. The lowest BCUT2D eigenvalue weighted by Gasteiger charge is -1.75. The predicted octanol–water partition coefficient (Wildman–Crippen LogP) is -0.714. The lowest BCUT2D eigenvalue weighted by atomic mass is 10.8. The van der Waals surface area contributed by atoms with E-state index in [1.54, 1.807) is 0 Å². The molecule has 2 aliphatic rings. The highest BCUT2D eigenvalue weighted by molar-refractivity contribution is 5.70. The first-order valence-corrected chi connectivity index (χ1v) is 2.79. The van der Waals surface area contributed by atoms with Crippen LogP contribution in [-0.4, -0.2) is 25.8 Å². The number of hydrogen-bond acceptors (Lipinski definition) is 7. The molecule has 7 nitrogen and oxygen atoms in total. The quantitative estimate of drug-likeness (QED) is 0.440. The summed E-state index contributed by atoms with van der Waals surface area (Å²) in [5, 5.41) is 7.65. The van der Waals surface area contributed by atoms with Gasteiger partial charge in [0.15, 0.2) is 6.61 Å². The third-order valence-electron chi connectivity index (χ3n) is 0.698. The van der Waals surface area contributed by atoms with Crippen LogP contribution in [0.5, 0.6) is 0 Å². The third-order valence-corrected chi connectivity index (χ3v) is 0.698. The van der Waals surface area contributed by atoms with Crippen LogP contribution in [-0.2, 0) is 34.4 Å². The maximum absolute atomic E-state index is 9.77. The second-order valence-electron chi connectivity index (χ2n) is 1.50. The summed E-state index contributed by atoms with van der Waals surface area (Å²) >= 11 is 0. The molecule has 0 amide bonds. The molecule has 2 saturated heterocycles. The molecule has 0 saturated carbocycles. The van der Waals surface area contributed by atoms with Gasteiger partial charge in [-0.1, -0.05) is 5.04 Å². The first-order valence-electron chi connectivity index (χ1n) is 2.79. The lowest BCUT2D eigenvalue weighted by Crippen LogP contribution is -1.94. The standard InChI is InChI=1S/C2H2O4.C2H4O3/c3-2-1-4-6-5-2;1-2-4-5-3-1/h1H2;1-2H2. The fourth-order valence-electron chi connectivity index (χ4n) is 0.328. The first kappa shape index (κ1) is 8.37. The number of hydrogen-bond donors (Lipinski definition) is 0. The molecule has 0 atom stereocenters. The highest BCUT2D eigenvalue weighted by atomic mass is 17.5. The number of rotatable bonds is 0. The summed E-state index contributed by atoms with van der Waals surface area (Å²) in [5.41, 5.74) is 0. The molecule has 0 radical (unpaired) electrons. The van der Waals surface area contributed by atoms with Gasteiger partial charge in [-0.25, -0.2) is 14.6 Å². The summed E-state index contributed by atoms with van der Waals surface area (Å²) in [6.45, 7) is 1.01. The van der Waals surface area contributed by atoms with Crippen molar-refractivity contribution in [3.63, 3.8) is 0 Å². The van der Waals surface area contributed by atoms with Crippen LogP contribution in [0, 0.1) is 0 Å². The Balaban J connectivity index is 0.000000112. The molecule has 2 fully saturated rings. The second-order valence-corrected chi connectivity index (χ2v) is 1.50. The fraction of sp³-hybridized carbons (Fsp3) is 0.750. The average Bonchev–Trinajstić information content (AvgIpc) is 2.57. The van der Waals surface area contributed by atoms with Crippen molar-refractivity contribution in [2.75, 3.05) is 19.8 Å². The van der Waals surface area contributed by atoms with Crippen molar-refractivity contribution in [2.45, 2.75) is 0 Å². The Morgan fingerprint density at radius 1 is 1.00 bits per heavy atom. The Hall–Kier alpha value is -0.730. The van der Waals surface area contributed by atoms with Crippen LogP contribution in [0.2, 0.25) is 0 Å². The van der Waals surface area contributed by atoms with Gasteiger partial charge in [-0.3, -0.25) is 4.89 Å². The Labute approximate surface area is 61.4 Å². The lowest BCUT2D eigenvalue weighted by molar-refractivity contribution is -0.452. The van der Waals surface area contributed by atoms with Crippen LogP contribution in [0.25, 0.3) is 0 Å². The molecular weight excluding hydrogens is 160 g/mol. The van der Waals surface area contributed by atoms with Crippen molar-refractivity contribution in [1.29, 1.82) is 0 Å². The minimum Gasteiger partial charge on any atom is -0.266 e. The SMILES string of the molecule is C1COOO1.O=C1COOO1. The Bertz CT molecular complexity index is 104. The zero-order valence-corrected chi connectivity index (χ0v) is 5.48. The molecule has 2 heterocycles. The topological polar surface area (TPSA) is 72.5 Å². The molecule has 0 aliphatic carbocycles. The highest BCUT2D eigenvalue weighted by Crippen LogP contribution is 1.92. The van der Waals surface area contributed by atoms with Gasteiger partial charge in [0.2, 0.25) is 0 Å². The molecule has 64 valence electrons. The van der Waals surface area contributed by atoms with Gasteiger partial charge in [-0.2, -0.15) is 4.89 Å². The average molecular weight is 166 g/mol. The fourth-order valence-corrected chi connectivity index (χ4v) is 0.328. The van der Waals surface area contributed by atoms with Gasteiger partial charge in [0, 0.05) is 0 Å². The monoisotopic (exact) mass is 166 g/mol. The largest absolute Gasteiger partial charge is 0.374 e. The molecule has 0 spiro atoms. The van der Waals surface area contributed by atoms with Gasteiger partial charge < -0.3 is 0 Å². The Morgan fingerprint density at radius 2 is 1.73 bits per heavy atom. The Kier molecular flexibility index (Phi) is 3.80. The van der Waals surface area contributed by atoms with Crippen LogP contribution in [0.1, 0.15) is 0 Å².